The average molecular weight is 222 g/mol. The quantitative estimate of drug-likeness (QED) is 0.590. The molecule has 0 saturated carbocycles. The topological polar surface area (TPSA) is 75.4 Å². The van der Waals surface area contributed by atoms with E-state index in [-0.39, 0.29) is 22.3 Å². The fourth-order valence-electron chi connectivity index (χ4n) is 2.15. The summed E-state index contributed by atoms with van der Waals surface area (Å²) in [5, 5.41) is 23.5. The van der Waals surface area contributed by atoms with Crippen LogP contribution in [0.4, 0.5) is 5.69 Å². The Bertz CT molecular complexity index is 400. The SMILES string of the molecule is O=[N+]([O-])c1ccc(O)cc1C1CCCNC1. The van der Waals surface area contributed by atoms with Crippen LogP contribution in [0.2, 0.25) is 0 Å². The summed E-state index contributed by atoms with van der Waals surface area (Å²) < 4.78 is 0. The fraction of sp³-hybridized carbons (Fsp3) is 0.455. The maximum absolute atomic E-state index is 10.9. The molecule has 1 unspecified atom stereocenters. The van der Waals surface area contributed by atoms with Crippen molar-refractivity contribution in [2.75, 3.05) is 13.1 Å². The highest BCUT2D eigenvalue weighted by Gasteiger charge is 2.24. The van der Waals surface area contributed by atoms with Crippen molar-refractivity contribution in [2.45, 2.75) is 18.8 Å². The molecule has 1 saturated heterocycles. The molecule has 16 heavy (non-hydrogen) atoms. The first kappa shape index (κ1) is 10.9. The normalized spacial score (nSPS) is 20.6. The largest absolute Gasteiger partial charge is 0.508 e. The highest BCUT2D eigenvalue weighted by Crippen LogP contribution is 2.33. The third-order valence-electron chi connectivity index (χ3n) is 2.94. The Morgan fingerprint density at radius 3 is 2.94 bits per heavy atom. The van der Waals surface area contributed by atoms with Gasteiger partial charge in [-0.2, -0.15) is 0 Å². The zero-order valence-electron chi connectivity index (χ0n) is 8.85. The molecule has 5 nitrogen and oxygen atoms in total. The molecule has 2 rings (SSSR count). The van der Waals surface area contributed by atoms with Gasteiger partial charge in [-0.3, -0.25) is 10.1 Å². The lowest BCUT2D eigenvalue weighted by molar-refractivity contribution is -0.385. The van der Waals surface area contributed by atoms with Crippen LogP contribution in [0, 0.1) is 10.1 Å². The highest BCUT2D eigenvalue weighted by molar-refractivity contribution is 5.47. The van der Waals surface area contributed by atoms with Gasteiger partial charge in [-0.15, -0.1) is 0 Å². The molecule has 0 radical (unpaired) electrons. The Morgan fingerprint density at radius 1 is 1.50 bits per heavy atom. The minimum absolute atomic E-state index is 0.0890. The van der Waals surface area contributed by atoms with E-state index in [2.05, 4.69) is 5.32 Å². The number of aromatic hydroxyl groups is 1. The number of nitro groups is 1. The smallest absolute Gasteiger partial charge is 0.273 e. The Labute approximate surface area is 93.2 Å². The van der Waals surface area contributed by atoms with E-state index >= 15 is 0 Å². The van der Waals surface area contributed by atoms with Crippen molar-refractivity contribution >= 4 is 5.69 Å². The Balaban J connectivity index is 2.36. The van der Waals surface area contributed by atoms with E-state index in [1.807, 2.05) is 0 Å². The summed E-state index contributed by atoms with van der Waals surface area (Å²) in [4.78, 5) is 10.5. The van der Waals surface area contributed by atoms with Gasteiger partial charge in [0.05, 0.1) is 4.92 Å². The predicted molar refractivity (Wildman–Crippen MR) is 59.6 cm³/mol. The maximum Gasteiger partial charge on any atom is 0.273 e. The van der Waals surface area contributed by atoms with Crippen molar-refractivity contribution in [1.82, 2.24) is 5.32 Å². The van der Waals surface area contributed by atoms with Gasteiger partial charge in [0.25, 0.3) is 5.69 Å². The number of hydrogen-bond acceptors (Lipinski definition) is 4. The van der Waals surface area contributed by atoms with E-state index in [0.29, 0.717) is 5.56 Å². The van der Waals surface area contributed by atoms with Gasteiger partial charge in [0.1, 0.15) is 5.75 Å². The molecule has 0 aliphatic carbocycles. The number of phenolic OH excluding ortho intramolecular Hbond substituents is 1. The van der Waals surface area contributed by atoms with E-state index in [4.69, 9.17) is 0 Å². The molecule has 0 bridgehead atoms. The van der Waals surface area contributed by atoms with Gasteiger partial charge < -0.3 is 10.4 Å². The first-order valence-corrected chi connectivity index (χ1v) is 5.36. The van der Waals surface area contributed by atoms with Gasteiger partial charge in [-0.1, -0.05) is 0 Å². The minimum atomic E-state index is -0.386. The van der Waals surface area contributed by atoms with Crippen LogP contribution < -0.4 is 5.32 Å². The first-order valence-electron chi connectivity index (χ1n) is 5.36. The van der Waals surface area contributed by atoms with Crippen LogP contribution in [0.25, 0.3) is 0 Å². The molecule has 0 aromatic heterocycles. The Morgan fingerprint density at radius 2 is 2.31 bits per heavy atom. The third-order valence-corrected chi connectivity index (χ3v) is 2.94. The fourth-order valence-corrected chi connectivity index (χ4v) is 2.15. The molecule has 1 aliphatic heterocycles. The summed E-state index contributed by atoms with van der Waals surface area (Å²) >= 11 is 0. The molecule has 5 heteroatoms. The van der Waals surface area contributed by atoms with E-state index in [9.17, 15) is 15.2 Å². The Kier molecular flexibility index (Phi) is 3.05. The number of rotatable bonds is 2. The number of nitrogens with zero attached hydrogens (tertiary/aromatic N) is 1. The van der Waals surface area contributed by atoms with Crippen LogP contribution in [0.1, 0.15) is 24.3 Å². The zero-order valence-corrected chi connectivity index (χ0v) is 8.85. The summed E-state index contributed by atoms with van der Waals surface area (Å²) in [6.07, 6.45) is 1.94. The molecule has 86 valence electrons. The molecule has 2 N–H and O–H groups in total. The van der Waals surface area contributed by atoms with Crippen molar-refractivity contribution in [2.24, 2.45) is 0 Å². The van der Waals surface area contributed by atoms with E-state index in [0.717, 1.165) is 25.9 Å². The molecule has 1 aliphatic rings. The van der Waals surface area contributed by atoms with Crippen LogP contribution >= 0.6 is 0 Å². The van der Waals surface area contributed by atoms with E-state index in [1.54, 1.807) is 0 Å². The van der Waals surface area contributed by atoms with Crippen LogP contribution in [0.3, 0.4) is 0 Å². The lowest BCUT2D eigenvalue weighted by Crippen LogP contribution is -2.28. The number of nitro benzene ring substituents is 1. The van der Waals surface area contributed by atoms with Crippen molar-refractivity contribution in [3.05, 3.63) is 33.9 Å². The molecule has 0 amide bonds. The number of phenols is 1. The highest BCUT2D eigenvalue weighted by atomic mass is 16.6. The molecule has 1 atom stereocenters. The summed E-state index contributed by atoms with van der Waals surface area (Å²) in [6, 6.07) is 4.24. The van der Waals surface area contributed by atoms with Gasteiger partial charge in [0.2, 0.25) is 0 Å². The molecule has 1 heterocycles. The van der Waals surface area contributed by atoms with Crippen molar-refractivity contribution in [1.29, 1.82) is 0 Å². The second-order valence-corrected chi connectivity index (χ2v) is 4.04. The van der Waals surface area contributed by atoms with Crippen molar-refractivity contribution in [3.63, 3.8) is 0 Å². The maximum atomic E-state index is 10.9. The summed E-state index contributed by atoms with van der Waals surface area (Å²) in [5.74, 6) is 0.215. The summed E-state index contributed by atoms with van der Waals surface area (Å²) in [7, 11) is 0. The van der Waals surface area contributed by atoms with Gasteiger partial charge >= 0.3 is 0 Å². The predicted octanol–water partition coefficient (Wildman–Crippen LogP) is 1.77. The average Bonchev–Trinajstić information content (AvgIpc) is 2.29. The molecule has 1 aromatic carbocycles. The summed E-state index contributed by atoms with van der Waals surface area (Å²) in [6.45, 7) is 1.70. The number of nitrogens with one attached hydrogen (secondary N) is 1. The van der Waals surface area contributed by atoms with E-state index < -0.39 is 0 Å². The molecular weight excluding hydrogens is 208 g/mol. The number of piperidine rings is 1. The van der Waals surface area contributed by atoms with Gasteiger partial charge in [-0.25, -0.2) is 0 Å². The molecular formula is C11H14N2O3. The molecule has 0 spiro atoms. The third kappa shape index (κ3) is 2.14. The first-order chi connectivity index (χ1) is 7.68. The number of benzene rings is 1. The van der Waals surface area contributed by atoms with Gasteiger partial charge in [0.15, 0.2) is 0 Å². The second kappa shape index (κ2) is 4.49. The van der Waals surface area contributed by atoms with Crippen LogP contribution in [0.15, 0.2) is 18.2 Å². The standard InChI is InChI=1S/C11H14N2O3/c14-9-3-4-11(13(15)16)10(6-9)8-2-1-5-12-7-8/h3-4,6,8,12,14H,1-2,5,7H2. The number of hydrogen-bond donors (Lipinski definition) is 2. The van der Waals surface area contributed by atoms with Crippen LogP contribution in [0.5, 0.6) is 5.75 Å². The Hall–Kier alpha value is -1.62. The zero-order chi connectivity index (χ0) is 11.5. The van der Waals surface area contributed by atoms with Gasteiger partial charge in [-0.05, 0) is 31.5 Å². The monoisotopic (exact) mass is 222 g/mol. The molecule has 1 fully saturated rings. The lowest BCUT2D eigenvalue weighted by atomic mass is 9.90. The van der Waals surface area contributed by atoms with Crippen LogP contribution in [-0.4, -0.2) is 23.1 Å². The van der Waals surface area contributed by atoms with Crippen molar-refractivity contribution < 1.29 is 10.0 Å². The van der Waals surface area contributed by atoms with E-state index in [1.165, 1.54) is 18.2 Å². The minimum Gasteiger partial charge on any atom is -0.508 e. The lowest BCUT2D eigenvalue weighted by Gasteiger charge is -2.22. The van der Waals surface area contributed by atoms with Crippen LogP contribution in [-0.2, 0) is 0 Å². The second-order valence-electron chi connectivity index (χ2n) is 4.04. The summed E-state index contributed by atoms with van der Waals surface area (Å²) in [5.41, 5.74) is 0.740. The van der Waals surface area contributed by atoms with Crippen molar-refractivity contribution in [3.8, 4) is 5.75 Å². The molecule has 1 aromatic rings. The van der Waals surface area contributed by atoms with Gasteiger partial charge in [0, 0.05) is 24.1 Å².